The molecule has 0 aliphatic heterocycles. The minimum atomic E-state index is -0.784. The molecule has 0 saturated carbocycles. The first-order valence-electron chi connectivity index (χ1n) is 10.9. The van der Waals surface area contributed by atoms with Gasteiger partial charge >= 0.3 is 0 Å². The number of halogens is 3. The molecule has 7 nitrogen and oxygen atoms in total. The summed E-state index contributed by atoms with van der Waals surface area (Å²) < 4.78 is 26.8. The lowest BCUT2D eigenvalue weighted by Crippen LogP contribution is -2.14. The van der Waals surface area contributed by atoms with E-state index >= 15 is 4.39 Å². The zero-order valence-electron chi connectivity index (χ0n) is 20.6. The van der Waals surface area contributed by atoms with Crippen LogP contribution in [0.1, 0.15) is 18.1 Å². The number of nitriles is 1. The first-order chi connectivity index (χ1) is 18.0. The standard InChI is InChI=1S/C28H26Cl2FN5O2/c1-5-6-7-20(16(2)33)12-24(17(3)34)18(4)37-26(36-35)13-21-8-9-25(30)28(27(21)31)38-23-11-19(15-32)10-22(29)14-23/h5-12,14H,1-2,4,13,33-35H2,3H3/b7-6-,20-12-,24-17+,36-26-. The van der Waals surface area contributed by atoms with E-state index in [2.05, 4.69) is 24.8 Å². The number of allylic oxidation sites excluding steroid dienone is 5. The Hall–Kier alpha value is -4.45. The molecule has 0 radical (unpaired) electrons. The van der Waals surface area contributed by atoms with Crippen molar-refractivity contribution in [2.45, 2.75) is 13.3 Å². The molecule has 2 aromatic carbocycles. The zero-order valence-corrected chi connectivity index (χ0v) is 22.1. The number of ether oxygens (including phenoxy) is 2. The van der Waals surface area contributed by atoms with E-state index in [9.17, 15) is 0 Å². The van der Waals surface area contributed by atoms with E-state index < -0.39 is 5.82 Å². The number of benzene rings is 2. The Labute approximate surface area is 230 Å². The summed E-state index contributed by atoms with van der Waals surface area (Å²) in [5, 5.41) is 13.0. The van der Waals surface area contributed by atoms with Gasteiger partial charge in [0.15, 0.2) is 11.6 Å². The molecular weight excluding hydrogens is 528 g/mol. The van der Waals surface area contributed by atoms with Crippen molar-refractivity contribution in [3.05, 3.63) is 130 Å². The Balaban J connectivity index is 2.34. The quantitative estimate of drug-likeness (QED) is 0.0766. The lowest BCUT2D eigenvalue weighted by molar-refractivity contribution is 0.414. The number of rotatable bonds is 10. The van der Waals surface area contributed by atoms with Crippen LogP contribution in [0, 0.1) is 17.1 Å². The monoisotopic (exact) mass is 553 g/mol. The van der Waals surface area contributed by atoms with Crippen molar-refractivity contribution >= 4 is 29.1 Å². The Morgan fingerprint density at radius 2 is 1.92 bits per heavy atom. The van der Waals surface area contributed by atoms with Crippen LogP contribution in [-0.4, -0.2) is 5.90 Å². The third kappa shape index (κ3) is 8.03. The van der Waals surface area contributed by atoms with Gasteiger partial charge in [-0.05, 0) is 42.8 Å². The van der Waals surface area contributed by atoms with Gasteiger partial charge in [0.05, 0.1) is 23.1 Å². The van der Waals surface area contributed by atoms with Crippen molar-refractivity contribution in [3.8, 4) is 17.6 Å². The second kappa shape index (κ2) is 13.7. The highest BCUT2D eigenvalue weighted by Crippen LogP contribution is 2.35. The van der Waals surface area contributed by atoms with E-state index in [4.69, 9.17) is 55.2 Å². The maximum Gasteiger partial charge on any atom is 0.216 e. The summed E-state index contributed by atoms with van der Waals surface area (Å²) in [6.45, 7) is 12.9. The average Bonchev–Trinajstić information content (AvgIpc) is 2.86. The molecule has 10 heteroatoms. The highest BCUT2D eigenvalue weighted by Gasteiger charge is 2.19. The molecule has 0 aliphatic rings. The molecule has 0 unspecified atom stereocenters. The fourth-order valence-electron chi connectivity index (χ4n) is 3.06. The minimum absolute atomic E-state index is 0.00228. The summed E-state index contributed by atoms with van der Waals surface area (Å²) in [6, 6.07) is 9.10. The first kappa shape index (κ1) is 29.8. The fraction of sp³-hybridized carbons (Fsp3) is 0.0714. The van der Waals surface area contributed by atoms with Crippen LogP contribution in [0.3, 0.4) is 0 Å². The van der Waals surface area contributed by atoms with Crippen LogP contribution >= 0.6 is 23.2 Å². The lowest BCUT2D eigenvalue weighted by atomic mass is 10.1. The van der Waals surface area contributed by atoms with Gasteiger partial charge in [0.25, 0.3) is 0 Å². The van der Waals surface area contributed by atoms with E-state index in [-0.39, 0.29) is 56.4 Å². The minimum Gasteiger partial charge on any atom is -0.453 e. The molecular formula is C28H26Cl2FN5O2. The van der Waals surface area contributed by atoms with E-state index in [0.717, 1.165) is 0 Å². The Kier molecular flexibility index (Phi) is 10.8. The van der Waals surface area contributed by atoms with E-state index in [1.54, 1.807) is 31.2 Å². The number of nitrogens with two attached hydrogens (primary N) is 3. The maximum atomic E-state index is 15.4. The molecule has 0 saturated heterocycles. The van der Waals surface area contributed by atoms with Crippen LogP contribution in [0.5, 0.6) is 11.5 Å². The maximum absolute atomic E-state index is 15.4. The summed E-state index contributed by atoms with van der Waals surface area (Å²) >= 11 is 12.2. The topological polar surface area (TPSA) is 133 Å². The summed E-state index contributed by atoms with van der Waals surface area (Å²) in [4.78, 5) is 0. The molecule has 6 N–H and O–H groups in total. The van der Waals surface area contributed by atoms with Gasteiger partial charge < -0.3 is 26.8 Å². The Morgan fingerprint density at radius 3 is 2.50 bits per heavy atom. The lowest BCUT2D eigenvalue weighted by Gasteiger charge is -2.15. The van der Waals surface area contributed by atoms with Gasteiger partial charge in [-0.2, -0.15) is 5.26 Å². The normalized spacial score (nSPS) is 12.5. The average molecular weight is 554 g/mol. The number of hydrazone groups is 1. The second-order valence-corrected chi connectivity index (χ2v) is 8.62. The van der Waals surface area contributed by atoms with E-state index in [0.29, 0.717) is 16.8 Å². The smallest absolute Gasteiger partial charge is 0.216 e. The molecule has 0 aliphatic carbocycles. The van der Waals surface area contributed by atoms with E-state index in [1.165, 1.54) is 30.3 Å². The van der Waals surface area contributed by atoms with Gasteiger partial charge in [0.2, 0.25) is 5.90 Å². The van der Waals surface area contributed by atoms with Crippen LogP contribution in [-0.2, 0) is 11.2 Å². The van der Waals surface area contributed by atoms with Crippen LogP contribution in [0.2, 0.25) is 10.0 Å². The van der Waals surface area contributed by atoms with Crippen LogP contribution in [0.25, 0.3) is 0 Å². The third-order valence-corrected chi connectivity index (χ3v) is 5.40. The Bertz CT molecular complexity index is 1430. The molecule has 0 fully saturated rings. The molecule has 0 amide bonds. The number of hydrogen-bond donors (Lipinski definition) is 3. The molecule has 196 valence electrons. The Morgan fingerprint density at radius 1 is 1.21 bits per heavy atom. The van der Waals surface area contributed by atoms with Crippen LogP contribution < -0.4 is 22.0 Å². The molecule has 0 spiro atoms. The highest BCUT2D eigenvalue weighted by molar-refractivity contribution is 6.32. The van der Waals surface area contributed by atoms with Crippen molar-refractivity contribution < 1.29 is 13.9 Å². The van der Waals surface area contributed by atoms with Gasteiger partial charge in [-0.25, -0.2) is 4.39 Å². The third-order valence-electron chi connectivity index (χ3n) is 4.88. The van der Waals surface area contributed by atoms with Gasteiger partial charge in [-0.3, -0.25) is 0 Å². The van der Waals surface area contributed by atoms with Crippen molar-refractivity contribution in [2.75, 3.05) is 0 Å². The summed E-state index contributed by atoms with van der Waals surface area (Å²) in [6.07, 6.45) is 6.39. The molecule has 0 bridgehead atoms. The van der Waals surface area contributed by atoms with Crippen molar-refractivity contribution in [1.82, 2.24) is 0 Å². The predicted molar refractivity (Wildman–Crippen MR) is 151 cm³/mol. The van der Waals surface area contributed by atoms with Crippen molar-refractivity contribution in [3.63, 3.8) is 0 Å². The molecule has 0 aromatic heterocycles. The van der Waals surface area contributed by atoms with Gasteiger partial charge in [0.1, 0.15) is 11.5 Å². The summed E-state index contributed by atoms with van der Waals surface area (Å²) in [5.74, 6) is 4.63. The summed E-state index contributed by atoms with van der Waals surface area (Å²) in [5.41, 5.74) is 13.8. The molecule has 0 atom stereocenters. The molecule has 0 heterocycles. The highest BCUT2D eigenvalue weighted by atomic mass is 35.5. The van der Waals surface area contributed by atoms with Crippen molar-refractivity contribution in [2.24, 2.45) is 22.4 Å². The van der Waals surface area contributed by atoms with Gasteiger partial charge in [0, 0.05) is 27.6 Å². The first-order valence-corrected chi connectivity index (χ1v) is 11.7. The molecule has 2 aromatic rings. The SMILES string of the molecule is C=C\C=C/C(=C/C(C(=C)O/C(Cc1ccc(Cl)c(Oc2cc(Cl)cc(C#N)c2)c1F)=N\N)=C(/C)N)C(=C)N. The van der Waals surface area contributed by atoms with Gasteiger partial charge in [-0.15, -0.1) is 5.10 Å². The predicted octanol–water partition coefficient (Wildman–Crippen LogP) is 6.52. The van der Waals surface area contributed by atoms with Crippen molar-refractivity contribution in [1.29, 1.82) is 5.26 Å². The van der Waals surface area contributed by atoms with E-state index in [1.807, 2.05) is 6.07 Å². The second-order valence-electron chi connectivity index (χ2n) is 7.78. The van der Waals surface area contributed by atoms with Crippen LogP contribution in [0.15, 0.2) is 108 Å². The molecule has 38 heavy (non-hydrogen) atoms. The fourth-order valence-corrected chi connectivity index (χ4v) is 3.47. The summed E-state index contributed by atoms with van der Waals surface area (Å²) in [7, 11) is 0. The number of hydrogen-bond acceptors (Lipinski definition) is 7. The van der Waals surface area contributed by atoms with Crippen LogP contribution in [0.4, 0.5) is 4.39 Å². The van der Waals surface area contributed by atoms with Gasteiger partial charge in [-0.1, -0.05) is 67.2 Å². The molecule has 2 rings (SSSR count). The zero-order chi connectivity index (χ0) is 28.4. The largest absolute Gasteiger partial charge is 0.453 e. The number of nitrogens with zero attached hydrogens (tertiary/aromatic N) is 2.